The van der Waals surface area contributed by atoms with Crippen LogP contribution in [-0.4, -0.2) is 36.3 Å². The van der Waals surface area contributed by atoms with Crippen LogP contribution in [0.4, 0.5) is 10.5 Å². The molecule has 1 aromatic carbocycles. The Morgan fingerprint density at radius 1 is 1.25 bits per heavy atom. The van der Waals surface area contributed by atoms with Gasteiger partial charge in [-0.25, -0.2) is 4.79 Å². The third-order valence-corrected chi connectivity index (χ3v) is 3.69. The van der Waals surface area contributed by atoms with Crippen molar-refractivity contribution in [3.8, 4) is 11.5 Å². The summed E-state index contributed by atoms with van der Waals surface area (Å²) in [6.45, 7) is 5.48. The quantitative estimate of drug-likeness (QED) is 0.931. The normalized spacial score (nSPS) is 13.0. The predicted octanol–water partition coefficient (Wildman–Crippen LogP) is 3.23. The molecule has 2 aromatic rings. The lowest BCUT2D eigenvalue weighted by molar-refractivity contribution is 0.171. The molecule has 0 unspecified atom stereocenters. The summed E-state index contributed by atoms with van der Waals surface area (Å²) in [5.41, 5.74) is 1.37. The number of nitrogens with zero attached hydrogens (tertiary/aromatic N) is 2. The molecule has 1 aliphatic rings. The number of carbonyl (C=O) groups is 1. The van der Waals surface area contributed by atoms with Crippen LogP contribution >= 0.6 is 0 Å². The average molecular weight is 331 g/mol. The predicted molar refractivity (Wildman–Crippen MR) is 88.5 cm³/mol. The van der Waals surface area contributed by atoms with E-state index in [1.807, 2.05) is 19.9 Å². The highest BCUT2D eigenvalue weighted by molar-refractivity contribution is 5.89. The second kappa shape index (κ2) is 6.82. The topological polar surface area (TPSA) is 76.8 Å². The summed E-state index contributed by atoms with van der Waals surface area (Å²) in [5, 5.41) is 6.83. The Kier molecular flexibility index (Phi) is 4.59. The fraction of sp³-hybridized carbons (Fsp3) is 0.412. The number of amides is 2. The third-order valence-electron chi connectivity index (χ3n) is 3.69. The van der Waals surface area contributed by atoms with Gasteiger partial charge in [0.25, 0.3) is 0 Å². The maximum Gasteiger partial charge on any atom is 0.321 e. The van der Waals surface area contributed by atoms with E-state index in [2.05, 4.69) is 10.5 Å². The summed E-state index contributed by atoms with van der Waals surface area (Å²) >= 11 is 0. The Hall–Kier alpha value is -2.70. The fourth-order valence-electron chi connectivity index (χ4n) is 2.33. The van der Waals surface area contributed by atoms with Crippen molar-refractivity contribution in [2.75, 3.05) is 25.6 Å². The van der Waals surface area contributed by atoms with Crippen LogP contribution in [0.2, 0.25) is 0 Å². The number of urea groups is 1. The van der Waals surface area contributed by atoms with Crippen molar-refractivity contribution < 1.29 is 18.8 Å². The number of anilines is 1. The molecule has 0 atom stereocenters. The van der Waals surface area contributed by atoms with E-state index < -0.39 is 0 Å². The van der Waals surface area contributed by atoms with Crippen LogP contribution in [0.1, 0.15) is 31.2 Å². The molecular weight excluding hydrogens is 310 g/mol. The Labute approximate surface area is 140 Å². The molecule has 7 heteroatoms. The molecule has 0 fully saturated rings. The van der Waals surface area contributed by atoms with Crippen molar-refractivity contribution in [2.45, 2.75) is 26.3 Å². The third kappa shape index (κ3) is 3.61. The van der Waals surface area contributed by atoms with Gasteiger partial charge >= 0.3 is 6.03 Å². The van der Waals surface area contributed by atoms with Gasteiger partial charge in [0.1, 0.15) is 24.7 Å². The zero-order chi connectivity index (χ0) is 17.1. The fourth-order valence-corrected chi connectivity index (χ4v) is 2.33. The molecule has 0 radical (unpaired) electrons. The van der Waals surface area contributed by atoms with Crippen LogP contribution < -0.4 is 14.8 Å². The largest absolute Gasteiger partial charge is 0.486 e. The highest BCUT2D eigenvalue weighted by atomic mass is 16.6. The number of hydrogen-bond donors (Lipinski definition) is 1. The molecule has 1 aliphatic heterocycles. The molecule has 2 amide bonds. The number of rotatable bonds is 4. The van der Waals surface area contributed by atoms with Crippen molar-refractivity contribution in [3.63, 3.8) is 0 Å². The van der Waals surface area contributed by atoms with Crippen molar-refractivity contribution in [1.82, 2.24) is 10.1 Å². The van der Waals surface area contributed by atoms with Gasteiger partial charge in [0, 0.05) is 30.8 Å². The Morgan fingerprint density at radius 2 is 2.00 bits per heavy atom. The lowest BCUT2D eigenvalue weighted by Gasteiger charge is -2.20. The van der Waals surface area contributed by atoms with Gasteiger partial charge in [-0.2, -0.15) is 0 Å². The Morgan fingerprint density at radius 3 is 2.71 bits per heavy atom. The molecule has 24 heavy (non-hydrogen) atoms. The average Bonchev–Trinajstić information content (AvgIpc) is 3.03. The van der Waals surface area contributed by atoms with E-state index in [1.54, 1.807) is 30.1 Å². The lowest BCUT2D eigenvalue weighted by atomic mass is 10.1. The summed E-state index contributed by atoms with van der Waals surface area (Å²) in [5.74, 6) is 2.41. The maximum absolute atomic E-state index is 12.3. The smallest absolute Gasteiger partial charge is 0.321 e. The number of aromatic nitrogens is 1. The van der Waals surface area contributed by atoms with Crippen molar-refractivity contribution in [3.05, 3.63) is 35.7 Å². The van der Waals surface area contributed by atoms with E-state index in [0.717, 1.165) is 11.5 Å². The molecule has 0 aliphatic carbocycles. The molecule has 2 heterocycles. The van der Waals surface area contributed by atoms with Gasteiger partial charge in [-0.05, 0) is 12.1 Å². The highest BCUT2D eigenvalue weighted by Gasteiger charge is 2.16. The Bertz CT molecular complexity index is 726. The van der Waals surface area contributed by atoms with Gasteiger partial charge in [-0.3, -0.25) is 0 Å². The zero-order valence-electron chi connectivity index (χ0n) is 14.0. The number of carbonyl (C=O) groups excluding carboxylic acids is 1. The van der Waals surface area contributed by atoms with Gasteiger partial charge in [0.2, 0.25) is 0 Å². The van der Waals surface area contributed by atoms with E-state index in [9.17, 15) is 4.79 Å². The van der Waals surface area contributed by atoms with Crippen LogP contribution in [-0.2, 0) is 6.54 Å². The summed E-state index contributed by atoms with van der Waals surface area (Å²) in [6.07, 6.45) is 0. The first kappa shape index (κ1) is 16.2. The molecule has 1 aromatic heterocycles. The number of benzene rings is 1. The summed E-state index contributed by atoms with van der Waals surface area (Å²) < 4.78 is 16.2. The van der Waals surface area contributed by atoms with Crippen LogP contribution in [0.5, 0.6) is 11.5 Å². The zero-order valence-corrected chi connectivity index (χ0v) is 14.0. The minimum Gasteiger partial charge on any atom is -0.486 e. The molecular formula is C17H21N3O4. The molecule has 128 valence electrons. The molecule has 0 saturated carbocycles. The number of fused-ring (bicyclic) bond motifs is 1. The van der Waals surface area contributed by atoms with Crippen molar-refractivity contribution in [2.24, 2.45) is 0 Å². The molecule has 0 spiro atoms. The van der Waals surface area contributed by atoms with Crippen LogP contribution in [0.3, 0.4) is 0 Å². The number of nitrogens with one attached hydrogen (secondary N) is 1. The highest BCUT2D eigenvalue weighted by Crippen LogP contribution is 2.32. The standard InChI is InChI=1S/C17H21N3O4/c1-11(2)15-9-13(19-24-15)10-20(3)17(21)18-12-4-5-14-16(8-12)23-7-6-22-14/h4-5,8-9,11H,6-7,10H2,1-3H3,(H,18,21). The van der Waals surface area contributed by atoms with Gasteiger partial charge in [0.05, 0.1) is 6.54 Å². The molecule has 7 nitrogen and oxygen atoms in total. The maximum atomic E-state index is 12.3. The molecule has 1 N–H and O–H groups in total. The first-order valence-electron chi connectivity index (χ1n) is 7.90. The molecule has 0 bridgehead atoms. The number of ether oxygens (including phenoxy) is 2. The second-order valence-corrected chi connectivity index (χ2v) is 6.02. The Balaban J connectivity index is 1.61. The lowest BCUT2D eigenvalue weighted by Crippen LogP contribution is -2.31. The summed E-state index contributed by atoms with van der Waals surface area (Å²) in [4.78, 5) is 13.9. The molecule has 0 saturated heterocycles. The van der Waals surface area contributed by atoms with Gasteiger partial charge < -0.3 is 24.2 Å². The van der Waals surface area contributed by atoms with E-state index in [1.165, 1.54) is 0 Å². The van der Waals surface area contributed by atoms with Crippen LogP contribution in [0, 0.1) is 0 Å². The SMILES string of the molecule is CC(C)c1cc(CN(C)C(=O)Nc2ccc3c(c2)OCCO3)no1. The number of hydrogen-bond acceptors (Lipinski definition) is 5. The van der Waals surface area contributed by atoms with Gasteiger partial charge in [-0.1, -0.05) is 19.0 Å². The summed E-state index contributed by atoms with van der Waals surface area (Å²) in [7, 11) is 1.71. The van der Waals surface area contributed by atoms with E-state index in [-0.39, 0.29) is 11.9 Å². The van der Waals surface area contributed by atoms with E-state index >= 15 is 0 Å². The van der Waals surface area contributed by atoms with Crippen LogP contribution in [0.25, 0.3) is 0 Å². The van der Waals surface area contributed by atoms with Gasteiger partial charge in [0.15, 0.2) is 11.5 Å². The first-order chi connectivity index (χ1) is 11.5. The first-order valence-corrected chi connectivity index (χ1v) is 7.90. The molecule has 3 rings (SSSR count). The van der Waals surface area contributed by atoms with E-state index in [4.69, 9.17) is 14.0 Å². The van der Waals surface area contributed by atoms with Crippen molar-refractivity contribution in [1.29, 1.82) is 0 Å². The van der Waals surface area contributed by atoms with E-state index in [0.29, 0.717) is 36.9 Å². The van der Waals surface area contributed by atoms with Crippen molar-refractivity contribution >= 4 is 11.7 Å². The minimum absolute atomic E-state index is 0.235. The minimum atomic E-state index is -0.235. The van der Waals surface area contributed by atoms with Gasteiger partial charge in [-0.15, -0.1) is 0 Å². The van der Waals surface area contributed by atoms with Crippen LogP contribution in [0.15, 0.2) is 28.8 Å². The summed E-state index contributed by atoms with van der Waals surface area (Å²) in [6, 6.07) is 6.97. The second-order valence-electron chi connectivity index (χ2n) is 6.02. The monoisotopic (exact) mass is 331 g/mol.